The SMILES string of the molecule is Cc1cc(C)cc(COc2ccc(Br)cc2C#N)c1. The molecule has 0 unspecified atom stereocenters. The molecule has 19 heavy (non-hydrogen) atoms. The minimum absolute atomic E-state index is 0.471. The second-order valence-corrected chi connectivity index (χ2v) is 5.45. The third kappa shape index (κ3) is 3.59. The van der Waals surface area contributed by atoms with Crippen molar-refractivity contribution in [3.63, 3.8) is 0 Å². The van der Waals surface area contributed by atoms with Gasteiger partial charge in [-0.3, -0.25) is 0 Å². The van der Waals surface area contributed by atoms with Gasteiger partial charge < -0.3 is 4.74 Å². The van der Waals surface area contributed by atoms with Gasteiger partial charge in [0.15, 0.2) is 0 Å². The summed E-state index contributed by atoms with van der Waals surface area (Å²) in [7, 11) is 0. The van der Waals surface area contributed by atoms with Crippen molar-refractivity contribution in [1.82, 2.24) is 0 Å². The zero-order chi connectivity index (χ0) is 13.8. The molecule has 0 N–H and O–H groups in total. The molecule has 0 aromatic heterocycles. The molecule has 0 aliphatic rings. The molecule has 0 saturated carbocycles. The largest absolute Gasteiger partial charge is 0.488 e. The number of ether oxygens (including phenoxy) is 1. The molecule has 2 rings (SSSR count). The van der Waals surface area contributed by atoms with Gasteiger partial charge in [-0.2, -0.15) is 5.26 Å². The molecule has 0 saturated heterocycles. The standard InChI is InChI=1S/C16H14BrNO/c1-11-5-12(2)7-13(6-11)10-19-16-4-3-15(17)8-14(16)9-18/h3-8H,10H2,1-2H3. The Morgan fingerprint density at radius 1 is 1.11 bits per heavy atom. The average Bonchev–Trinajstić information content (AvgIpc) is 2.36. The Balaban J connectivity index is 2.17. The van der Waals surface area contributed by atoms with Crippen molar-refractivity contribution in [1.29, 1.82) is 5.26 Å². The van der Waals surface area contributed by atoms with Crippen molar-refractivity contribution in [2.45, 2.75) is 20.5 Å². The van der Waals surface area contributed by atoms with Crippen LogP contribution in [0.5, 0.6) is 5.75 Å². The van der Waals surface area contributed by atoms with Crippen LogP contribution in [-0.4, -0.2) is 0 Å². The molecule has 0 aliphatic heterocycles. The fourth-order valence-electron chi connectivity index (χ4n) is 2.03. The van der Waals surface area contributed by atoms with E-state index in [9.17, 15) is 0 Å². The smallest absolute Gasteiger partial charge is 0.137 e. The zero-order valence-corrected chi connectivity index (χ0v) is 12.5. The van der Waals surface area contributed by atoms with E-state index >= 15 is 0 Å². The van der Waals surface area contributed by atoms with Crippen molar-refractivity contribution in [3.8, 4) is 11.8 Å². The summed E-state index contributed by atoms with van der Waals surface area (Å²) in [6.45, 7) is 4.60. The van der Waals surface area contributed by atoms with Gasteiger partial charge in [0, 0.05) is 4.47 Å². The number of hydrogen-bond donors (Lipinski definition) is 0. The summed E-state index contributed by atoms with van der Waals surface area (Å²) >= 11 is 3.35. The number of hydrogen-bond acceptors (Lipinski definition) is 2. The summed E-state index contributed by atoms with van der Waals surface area (Å²) in [4.78, 5) is 0. The third-order valence-corrected chi connectivity index (χ3v) is 3.23. The van der Waals surface area contributed by atoms with Gasteiger partial charge in [0.1, 0.15) is 18.4 Å². The van der Waals surface area contributed by atoms with Gasteiger partial charge in [-0.15, -0.1) is 0 Å². The number of rotatable bonds is 3. The van der Waals surface area contributed by atoms with E-state index in [1.165, 1.54) is 11.1 Å². The Kier molecular flexibility index (Phi) is 4.24. The maximum Gasteiger partial charge on any atom is 0.137 e. The van der Waals surface area contributed by atoms with Crippen LogP contribution in [0.25, 0.3) is 0 Å². The van der Waals surface area contributed by atoms with Crippen molar-refractivity contribution >= 4 is 15.9 Å². The van der Waals surface area contributed by atoms with E-state index in [1.54, 1.807) is 6.07 Å². The van der Waals surface area contributed by atoms with Crippen LogP contribution in [0.2, 0.25) is 0 Å². The number of nitriles is 1. The minimum Gasteiger partial charge on any atom is -0.488 e. The van der Waals surface area contributed by atoms with Crippen molar-refractivity contribution in [2.75, 3.05) is 0 Å². The highest BCUT2D eigenvalue weighted by Gasteiger charge is 2.05. The van der Waals surface area contributed by atoms with E-state index in [2.05, 4.69) is 54.0 Å². The van der Waals surface area contributed by atoms with Gasteiger partial charge in [0.05, 0.1) is 5.56 Å². The van der Waals surface area contributed by atoms with Crippen LogP contribution >= 0.6 is 15.9 Å². The summed E-state index contributed by atoms with van der Waals surface area (Å²) in [6, 6.07) is 13.9. The number of aryl methyl sites for hydroxylation is 2. The molecule has 0 spiro atoms. The van der Waals surface area contributed by atoms with Gasteiger partial charge in [-0.25, -0.2) is 0 Å². The van der Waals surface area contributed by atoms with Crippen LogP contribution in [0.3, 0.4) is 0 Å². The van der Waals surface area contributed by atoms with Gasteiger partial charge in [-0.05, 0) is 37.6 Å². The van der Waals surface area contributed by atoms with E-state index < -0.39 is 0 Å². The van der Waals surface area contributed by atoms with E-state index in [4.69, 9.17) is 10.00 Å². The summed E-state index contributed by atoms with van der Waals surface area (Å²) in [5.74, 6) is 0.616. The Morgan fingerprint density at radius 3 is 2.42 bits per heavy atom. The molecular formula is C16H14BrNO. The predicted molar refractivity (Wildman–Crippen MR) is 79.1 cm³/mol. The van der Waals surface area contributed by atoms with Crippen LogP contribution in [-0.2, 0) is 6.61 Å². The first-order valence-electron chi connectivity index (χ1n) is 5.98. The average molecular weight is 316 g/mol. The van der Waals surface area contributed by atoms with E-state index in [-0.39, 0.29) is 0 Å². The van der Waals surface area contributed by atoms with Gasteiger partial charge in [0.25, 0.3) is 0 Å². The quantitative estimate of drug-likeness (QED) is 0.834. The summed E-state index contributed by atoms with van der Waals surface area (Å²) in [5.41, 5.74) is 4.09. The molecule has 0 amide bonds. The Morgan fingerprint density at radius 2 is 1.79 bits per heavy atom. The number of benzene rings is 2. The van der Waals surface area contributed by atoms with Crippen molar-refractivity contribution in [3.05, 3.63) is 63.1 Å². The van der Waals surface area contributed by atoms with E-state index in [1.807, 2.05) is 12.1 Å². The second-order valence-electron chi connectivity index (χ2n) is 4.54. The van der Waals surface area contributed by atoms with E-state index in [0.29, 0.717) is 17.9 Å². The fourth-order valence-corrected chi connectivity index (χ4v) is 2.39. The van der Waals surface area contributed by atoms with Crippen molar-refractivity contribution < 1.29 is 4.74 Å². The first-order valence-corrected chi connectivity index (χ1v) is 6.77. The first kappa shape index (κ1) is 13.6. The maximum absolute atomic E-state index is 9.08. The highest BCUT2D eigenvalue weighted by atomic mass is 79.9. The number of nitrogens with zero attached hydrogens (tertiary/aromatic N) is 1. The molecular weight excluding hydrogens is 302 g/mol. The highest BCUT2D eigenvalue weighted by molar-refractivity contribution is 9.10. The lowest BCUT2D eigenvalue weighted by molar-refractivity contribution is 0.305. The molecule has 0 bridgehead atoms. The first-order chi connectivity index (χ1) is 9.08. The van der Waals surface area contributed by atoms with Crippen LogP contribution in [0, 0.1) is 25.2 Å². The minimum atomic E-state index is 0.471. The summed E-state index contributed by atoms with van der Waals surface area (Å²) in [6.07, 6.45) is 0. The predicted octanol–water partition coefficient (Wildman–Crippen LogP) is 4.52. The molecule has 2 aromatic carbocycles. The second kappa shape index (κ2) is 5.90. The van der Waals surface area contributed by atoms with E-state index in [0.717, 1.165) is 10.0 Å². The zero-order valence-electron chi connectivity index (χ0n) is 10.9. The lowest BCUT2D eigenvalue weighted by Gasteiger charge is -2.09. The van der Waals surface area contributed by atoms with Gasteiger partial charge in [-0.1, -0.05) is 45.3 Å². The lowest BCUT2D eigenvalue weighted by atomic mass is 10.1. The molecule has 0 aliphatic carbocycles. The van der Waals surface area contributed by atoms with Crippen LogP contribution in [0.15, 0.2) is 40.9 Å². The van der Waals surface area contributed by atoms with Crippen LogP contribution < -0.4 is 4.74 Å². The van der Waals surface area contributed by atoms with Crippen LogP contribution in [0.1, 0.15) is 22.3 Å². The molecule has 3 heteroatoms. The molecule has 96 valence electrons. The van der Waals surface area contributed by atoms with Gasteiger partial charge >= 0.3 is 0 Å². The highest BCUT2D eigenvalue weighted by Crippen LogP contribution is 2.23. The normalized spacial score (nSPS) is 10.0. The fraction of sp³-hybridized carbons (Fsp3) is 0.188. The van der Waals surface area contributed by atoms with Crippen LogP contribution in [0.4, 0.5) is 0 Å². The summed E-state index contributed by atoms with van der Waals surface area (Å²) < 4.78 is 6.61. The number of halogens is 1. The maximum atomic E-state index is 9.08. The van der Waals surface area contributed by atoms with Crippen molar-refractivity contribution in [2.24, 2.45) is 0 Å². The molecule has 0 fully saturated rings. The third-order valence-electron chi connectivity index (χ3n) is 2.74. The monoisotopic (exact) mass is 315 g/mol. The topological polar surface area (TPSA) is 33.0 Å². The molecule has 2 nitrogen and oxygen atoms in total. The van der Waals surface area contributed by atoms with Gasteiger partial charge in [0.2, 0.25) is 0 Å². The summed E-state index contributed by atoms with van der Waals surface area (Å²) in [5, 5.41) is 9.08. The molecule has 2 aromatic rings. The Labute approximate surface area is 121 Å². The Bertz CT molecular complexity index is 623. The molecule has 0 radical (unpaired) electrons. The lowest BCUT2D eigenvalue weighted by Crippen LogP contribution is -1.98. The molecule has 0 heterocycles. The molecule has 0 atom stereocenters. The Hall–Kier alpha value is -1.79.